The van der Waals surface area contributed by atoms with E-state index in [-0.39, 0.29) is 5.75 Å². The summed E-state index contributed by atoms with van der Waals surface area (Å²) in [5.74, 6) is -2.18. The van der Waals surface area contributed by atoms with E-state index in [2.05, 4.69) is 0 Å². The van der Waals surface area contributed by atoms with E-state index in [0.717, 1.165) is 6.07 Å². The molecule has 0 atom stereocenters. The predicted molar refractivity (Wildman–Crippen MR) is 65.5 cm³/mol. The number of halogens is 2. The van der Waals surface area contributed by atoms with Crippen LogP contribution in [0.15, 0.2) is 36.4 Å². The van der Waals surface area contributed by atoms with Crippen molar-refractivity contribution in [2.75, 3.05) is 0 Å². The molecular weight excluding hydrogens is 259 g/mol. The van der Waals surface area contributed by atoms with E-state index in [4.69, 9.17) is 16.7 Å². The standard InChI is InChI=1S/C13H8ClFO3/c14-11-3-2-8(16)6-9(11)7-1-4-12(15)10(5-7)13(17)18/h1-6,16H,(H,17,18). The van der Waals surface area contributed by atoms with Gasteiger partial charge in [-0.2, -0.15) is 0 Å². The SMILES string of the molecule is O=C(O)c1cc(-c2cc(O)ccc2Cl)ccc1F. The Hall–Kier alpha value is -2.07. The lowest BCUT2D eigenvalue weighted by Crippen LogP contribution is -2.00. The number of aromatic carboxylic acids is 1. The van der Waals surface area contributed by atoms with Crippen LogP contribution in [0.25, 0.3) is 11.1 Å². The molecule has 2 aromatic carbocycles. The largest absolute Gasteiger partial charge is 0.508 e. The van der Waals surface area contributed by atoms with E-state index in [1.165, 1.54) is 30.3 Å². The Balaban J connectivity index is 2.61. The van der Waals surface area contributed by atoms with Crippen molar-refractivity contribution < 1.29 is 19.4 Å². The molecule has 2 N–H and O–H groups in total. The number of hydrogen-bond donors (Lipinski definition) is 2. The summed E-state index contributed by atoms with van der Waals surface area (Å²) in [5.41, 5.74) is 0.431. The number of benzene rings is 2. The molecule has 0 aliphatic rings. The first-order valence-corrected chi connectivity index (χ1v) is 5.38. The van der Waals surface area contributed by atoms with Gasteiger partial charge in [0.2, 0.25) is 0 Å². The minimum Gasteiger partial charge on any atom is -0.508 e. The van der Waals surface area contributed by atoms with Crippen LogP contribution in [-0.4, -0.2) is 16.2 Å². The summed E-state index contributed by atoms with van der Waals surface area (Å²) in [7, 11) is 0. The molecule has 0 amide bonds. The van der Waals surface area contributed by atoms with E-state index < -0.39 is 17.3 Å². The Kier molecular flexibility index (Phi) is 3.21. The van der Waals surface area contributed by atoms with Gasteiger partial charge in [0.25, 0.3) is 0 Å². The van der Waals surface area contributed by atoms with Crippen molar-refractivity contribution in [3.63, 3.8) is 0 Å². The molecule has 92 valence electrons. The van der Waals surface area contributed by atoms with Gasteiger partial charge in [0.15, 0.2) is 0 Å². The van der Waals surface area contributed by atoms with E-state index in [1.54, 1.807) is 0 Å². The molecule has 0 bridgehead atoms. The minimum absolute atomic E-state index is 0.00407. The molecule has 2 aromatic rings. The van der Waals surface area contributed by atoms with Crippen molar-refractivity contribution >= 4 is 17.6 Å². The van der Waals surface area contributed by atoms with Gasteiger partial charge >= 0.3 is 5.97 Å². The molecule has 0 aliphatic carbocycles. The highest BCUT2D eigenvalue weighted by molar-refractivity contribution is 6.33. The Morgan fingerprint density at radius 1 is 1.17 bits per heavy atom. The van der Waals surface area contributed by atoms with Crippen molar-refractivity contribution in [3.05, 3.63) is 52.8 Å². The summed E-state index contributed by atoms with van der Waals surface area (Å²) in [4.78, 5) is 10.8. The number of carboxylic acid groups (broad SMARTS) is 1. The van der Waals surface area contributed by atoms with Gasteiger partial charge in [-0.15, -0.1) is 0 Å². The Morgan fingerprint density at radius 2 is 1.89 bits per heavy atom. The second-order valence-electron chi connectivity index (χ2n) is 3.66. The van der Waals surface area contributed by atoms with Crippen LogP contribution in [0.2, 0.25) is 5.02 Å². The summed E-state index contributed by atoms with van der Waals surface area (Å²) in [6, 6.07) is 7.92. The van der Waals surface area contributed by atoms with Crippen LogP contribution in [0.4, 0.5) is 4.39 Å². The second-order valence-corrected chi connectivity index (χ2v) is 4.07. The predicted octanol–water partition coefficient (Wildman–Crippen LogP) is 3.55. The summed E-state index contributed by atoms with van der Waals surface area (Å²) in [6.45, 7) is 0. The monoisotopic (exact) mass is 266 g/mol. The molecule has 5 heteroatoms. The highest BCUT2D eigenvalue weighted by atomic mass is 35.5. The van der Waals surface area contributed by atoms with Gasteiger partial charge in [-0.3, -0.25) is 0 Å². The smallest absolute Gasteiger partial charge is 0.338 e. The number of phenolic OH excluding ortho intramolecular Hbond substituents is 1. The van der Waals surface area contributed by atoms with E-state index in [0.29, 0.717) is 16.1 Å². The van der Waals surface area contributed by atoms with Gasteiger partial charge < -0.3 is 10.2 Å². The third-order valence-electron chi connectivity index (χ3n) is 2.46. The Morgan fingerprint density at radius 3 is 2.56 bits per heavy atom. The summed E-state index contributed by atoms with van der Waals surface area (Å²) in [6.07, 6.45) is 0. The minimum atomic E-state index is -1.36. The van der Waals surface area contributed by atoms with Crippen LogP contribution in [0.5, 0.6) is 5.75 Å². The Labute approximate surface area is 107 Å². The van der Waals surface area contributed by atoms with Crippen molar-refractivity contribution in [3.8, 4) is 16.9 Å². The van der Waals surface area contributed by atoms with Crippen molar-refractivity contribution in [1.29, 1.82) is 0 Å². The van der Waals surface area contributed by atoms with Crippen molar-refractivity contribution in [2.45, 2.75) is 0 Å². The maximum absolute atomic E-state index is 13.3. The molecule has 2 rings (SSSR count). The summed E-state index contributed by atoms with van der Waals surface area (Å²) < 4.78 is 13.3. The third kappa shape index (κ3) is 2.28. The third-order valence-corrected chi connectivity index (χ3v) is 2.79. The first-order valence-electron chi connectivity index (χ1n) is 5.01. The normalized spacial score (nSPS) is 10.3. The molecule has 0 unspecified atom stereocenters. The molecule has 0 radical (unpaired) electrons. The lowest BCUT2D eigenvalue weighted by Gasteiger charge is -2.07. The van der Waals surface area contributed by atoms with Crippen LogP contribution in [-0.2, 0) is 0 Å². The number of rotatable bonds is 2. The van der Waals surface area contributed by atoms with E-state index in [9.17, 15) is 14.3 Å². The molecule has 0 aromatic heterocycles. The molecule has 0 saturated heterocycles. The number of hydrogen-bond acceptors (Lipinski definition) is 2. The fraction of sp³-hybridized carbons (Fsp3) is 0. The Bertz CT molecular complexity index is 626. The molecule has 18 heavy (non-hydrogen) atoms. The van der Waals surface area contributed by atoms with Crippen LogP contribution < -0.4 is 0 Å². The summed E-state index contributed by atoms with van der Waals surface area (Å²) >= 11 is 5.95. The first kappa shape index (κ1) is 12.4. The molecular formula is C13H8ClFO3. The maximum Gasteiger partial charge on any atom is 0.338 e. The fourth-order valence-electron chi connectivity index (χ4n) is 1.59. The lowest BCUT2D eigenvalue weighted by atomic mass is 10.0. The molecule has 3 nitrogen and oxygen atoms in total. The quantitative estimate of drug-likeness (QED) is 0.874. The molecule has 0 aliphatic heterocycles. The number of phenols is 1. The van der Waals surface area contributed by atoms with E-state index >= 15 is 0 Å². The molecule has 0 heterocycles. The van der Waals surface area contributed by atoms with Crippen LogP contribution in [0.1, 0.15) is 10.4 Å². The second kappa shape index (κ2) is 4.66. The van der Waals surface area contributed by atoms with E-state index in [1.807, 2.05) is 0 Å². The van der Waals surface area contributed by atoms with Crippen LogP contribution >= 0.6 is 11.6 Å². The van der Waals surface area contributed by atoms with Gasteiger partial charge in [0.1, 0.15) is 11.6 Å². The zero-order chi connectivity index (χ0) is 13.3. The zero-order valence-corrected chi connectivity index (χ0v) is 9.78. The van der Waals surface area contributed by atoms with Gasteiger partial charge in [0, 0.05) is 10.6 Å². The average Bonchev–Trinajstić information content (AvgIpc) is 2.33. The average molecular weight is 267 g/mol. The highest BCUT2D eigenvalue weighted by Crippen LogP contribution is 2.31. The maximum atomic E-state index is 13.3. The van der Waals surface area contributed by atoms with Gasteiger partial charge in [-0.1, -0.05) is 17.7 Å². The van der Waals surface area contributed by atoms with Crippen molar-refractivity contribution in [1.82, 2.24) is 0 Å². The highest BCUT2D eigenvalue weighted by Gasteiger charge is 2.13. The van der Waals surface area contributed by atoms with Crippen LogP contribution in [0, 0.1) is 5.82 Å². The zero-order valence-electron chi connectivity index (χ0n) is 9.02. The summed E-state index contributed by atoms with van der Waals surface area (Å²) in [5, 5.41) is 18.6. The number of carbonyl (C=O) groups is 1. The molecule has 0 spiro atoms. The molecule has 0 saturated carbocycles. The molecule has 0 fully saturated rings. The van der Waals surface area contributed by atoms with Gasteiger partial charge in [0.05, 0.1) is 5.56 Å². The van der Waals surface area contributed by atoms with Gasteiger partial charge in [-0.25, -0.2) is 9.18 Å². The number of aromatic hydroxyl groups is 1. The first-order chi connectivity index (χ1) is 8.49. The van der Waals surface area contributed by atoms with Gasteiger partial charge in [-0.05, 0) is 35.9 Å². The lowest BCUT2D eigenvalue weighted by molar-refractivity contribution is 0.0692. The fourth-order valence-corrected chi connectivity index (χ4v) is 1.82. The van der Waals surface area contributed by atoms with Crippen molar-refractivity contribution in [2.24, 2.45) is 0 Å². The number of carboxylic acids is 1. The van der Waals surface area contributed by atoms with Crippen LogP contribution in [0.3, 0.4) is 0 Å². The topological polar surface area (TPSA) is 57.5 Å².